The highest BCUT2D eigenvalue weighted by atomic mass is 14.1. The summed E-state index contributed by atoms with van der Waals surface area (Å²) < 4.78 is 0. The Morgan fingerprint density at radius 1 is 0.769 bits per heavy atom. The lowest BCUT2D eigenvalue weighted by Gasteiger charge is -2.08. The van der Waals surface area contributed by atoms with Gasteiger partial charge in [-0.25, -0.2) is 0 Å². The molecule has 0 aromatic rings. The fourth-order valence-electron chi connectivity index (χ4n) is 1.69. The molecule has 0 aromatic carbocycles. The van der Waals surface area contributed by atoms with Crippen molar-refractivity contribution < 1.29 is 0 Å². The van der Waals surface area contributed by atoms with Crippen LogP contribution in [0.1, 0.15) is 64.7 Å². The van der Waals surface area contributed by atoms with Crippen LogP contribution >= 0.6 is 0 Å². The Morgan fingerprint density at radius 2 is 1.38 bits per heavy atom. The van der Waals surface area contributed by atoms with E-state index in [1.165, 1.54) is 44.9 Å². The summed E-state index contributed by atoms with van der Waals surface area (Å²) in [7, 11) is 0. The first kappa shape index (κ1) is 13.0. The largest absolute Gasteiger partial charge is 0.0625 e. The first-order chi connectivity index (χ1) is 6.31. The van der Waals surface area contributed by atoms with E-state index in [-0.39, 0.29) is 0 Å². The molecular weight excluding hydrogens is 156 g/mol. The van der Waals surface area contributed by atoms with Gasteiger partial charge in [0.1, 0.15) is 0 Å². The van der Waals surface area contributed by atoms with Gasteiger partial charge in [0.05, 0.1) is 0 Å². The molecule has 0 heteroatoms. The summed E-state index contributed by atoms with van der Waals surface area (Å²) in [4.78, 5) is 0. The fraction of sp³-hybridized carbons (Fsp3) is 0.846. The Kier molecular flexibility index (Phi) is 10.1. The first-order valence-corrected chi connectivity index (χ1v) is 5.89. The van der Waals surface area contributed by atoms with Gasteiger partial charge in [0.2, 0.25) is 0 Å². The van der Waals surface area contributed by atoms with Crippen LogP contribution in [0.2, 0.25) is 0 Å². The SMILES string of the molecule is [CH2]CCCCCCCC(C)CC[CH2]. The van der Waals surface area contributed by atoms with Gasteiger partial charge in [-0.3, -0.25) is 0 Å². The molecule has 0 bridgehead atoms. The molecule has 0 aliphatic rings. The van der Waals surface area contributed by atoms with Gasteiger partial charge in [0.15, 0.2) is 0 Å². The molecule has 13 heavy (non-hydrogen) atoms. The highest BCUT2D eigenvalue weighted by Gasteiger charge is 1.99. The molecule has 0 N–H and O–H groups in total. The number of hydrogen-bond donors (Lipinski definition) is 0. The molecule has 0 heterocycles. The van der Waals surface area contributed by atoms with Crippen molar-refractivity contribution in [1.29, 1.82) is 0 Å². The lowest BCUT2D eigenvalue weighted by Crippen LogP contribution is -1.93. The minimum atomic E-state index is 0.894. The summed E-state index contributed by atoms with van der Waals surface area (Å²) >= 11 is 0. The van der Waals surface area contributed by atoms with Gasteiger partial charge < -0.3 is 0 Å². The molecule has 0 aromatic heterocycles. The summed E-state index contributed by atoms with van der Waals surface area (Å²) in [5, 5.41) is 0. The minimum Gasteiger partial charge on any atom is -0.0625 e. The van der Waals surface area contributed by atoms with E-state index in [2.05, 4.69) is 20.8 Å². The quantitative estimate of drug-likeness (QED) is 0.449. The number of unbranched alkanes of at least 4 members (excludes halogenated alkanes) is 5. The van der Waals surface area contributed by atoms with Crippen LogP contribution in [0.4, 0.5) is 0 Å². The standard InChI is InChI=1S/C13H26/c1-4-6-7-8-9-10-12-13(3)11-5-2/h13H,1-2,4-12H2,3H3. The van der Waals surface area contributed by atoms with Crippen molar-refractivity contribution in [3.63, 3.8) is 0 Å². The second-order valence-electron chi connectivity index (χ2n) is 4.16. The first-order valence-electron chi connectivity index (χ1n) is 5.89. The van der Waals surface area contributed by atoms with Crippen molar-refractivity contribution >= 4 is 0 Å². The maximum absolute atomic E-state index is 3.89. The zero-order valence-electron chi connectivity index (χ0n) is 9.36. The Morgan fingerprint density at radius 3 is 2.00 bits per heavy atom. The van der Waals surface area contributed by atoms with Crippen LogP contribution in [0.3, 0.4) is 0 Å². The van der Waals surface area contributed by atoms with Crippen molar-refractivity contribution in [2.45, 2.75) is 64.7 Å². The molecule has 0 nitrogen and oxygen atoms in total. The zero-order valence-corrected chi connectivity index (χ0v) is 9.36. The van der Waals surface area contributed by atoms with E-state index in [0.717, 1.165) is 18.8 Å². The van der Waals surface area contributed by atoms with Crippen LogP contribution in [-0.4, -0.2) is 0 Å². The predicted molar refractivity (Wildman–Crippen MR) is 61.4 cm³/mol. The second-order valence-corrected chi connectivity index (χ2v) is 4.16. The van der Waals surface area contributed by atoms with Crippen LogP contribution in [0.5, 0.6) is 0 Å². The zero-order chi connectivity index (χ0) is 9.94. The maximum Gasteiger partial charge on any atom is -0.0443 e. The average molecular weight is 182 g/mol. The number of rotatable bonds is 9. The summed E-state index contributed by atoms with van der Waals surface area (Å²) in [6.45, 7) is 10.1. The lowest BCUT2D eigenvalue weighted by atomic mass is 9.98. The minimum absolute atomic E-state index is 0.894. The molecule has 1 unspecified atom stereocenters. The summed E-state index contributed by atoms with van der Waals surface area (Å²) in [6.07, 6.45) is 11.9. The van der Waals surface area contributed by atoms with Gasteiger partial charge in [-0.1, -0.05) is 78.6 Å². The molecule has 0 spiro atoms. The molecule has 0 rings (SSSR count). The third kappa shape index (κ3) is 9.92. The fourth-order valence-corrected chi connectivity index (χ4v) is 1.69. The van der Waals surface area contributed by atoms with E-state index in [0.29, 0.717) is 0 Å². The smallest absolute Gasteiger partial charge is 0.0443 e. The summed E-state index contributed by atoms with van der Waals surface area (Å²) in [6, 6.07) is 0. The van der Waals surface area contributed by atoms with Crippen molar-refractivity contribution in [2.24, 2.45) is 5.92 Å². The second kappa shape index (κ2) is 10.1. The average Bonchev–Trinajstić information content (AvgIpc) is 2.11. The van der Waals surface area contributed by atoms with Gasteiger partial charge >= 0.3 is 0 Å². The van der Waals surface area contributed by atoms with Gasteiger partial charge in [-0.05, 0) is 5.92 Å². The van der Waals surface area contributed by atoms with Crippen LogP contribution < -0.4 is 0 Å². The van der Waals surface area contributed by atoms with Crippen molar-refractivity contribution in [3.05, 3.63) is 13.8 Å². The molecule has 0 aliphatic carbocycles. The molecular formula is C13H26. The van der Waals surface area contributed by atoms with E-state index < -0.39 is 0 Å². The van der Waals surface area contributed by atoms with E-state index in [9.17, 15) is 0 Å². The molecule has 1 atom stereocenters. The highest BCUT2D eigenvalue weighted by molar-refractivity contribution is 4.55. The molecule has 0 fully saturated rings. The van der Waals surface area contributed by atoms with Gasteiger partial charge in [-0.2, -0.15) is 0 Å². The van der Waals surface area contributed by atoms with Crippen LogP contribution in [0, 0.1) is 19.8 Å². The van der Waals surface area contributed by atoms with Crippen LogP contribution in [0.25, 0.3) is 0 Å². The third-order valence-corrected chi connectivity index (χ3v) is 2.64. The van der Waals surface area contributed by atoms with Crippen LogP contribution in [0.15, 0.2) is 0 Å². The monoisotopic (exact) mass is 182 g/mol. The van der Waals surface area contributed by atoms with Crippen molar-refractivity contribution in [2.75, 3.05) is 0 Å². The third-order valence-electron chi connectivity index (χ3n) is 2.64. The van der Waals surface area contributed by atoms with E-state index in [1.54, 1.807) is 0 Å². The Labute approximate surface area is 85.1 Å². The normalized spacial score (nSPS) is 13.2. The molecule has 0 amide bonds. The molecule has 0 saturated heterocycles. The van der Waals surface area contributed by atoms with E-state index >= 15 is 0 Å². The highest BCUT2D eigenvalue weighted by Crippen LogP contribution is 2.15. The Hall–Kier alpha value is 0. The molecule has 2 radical (unpaired) electrons. The topological polar surface area (TPSA) is 0 Å². The van der Waals surface area contributed by atoms with Crippen molar-refractivity contribution in [1.82, 2.24) is 0 Å². The molecule has 0 saturated carbocycles. The van der Waals surface area contributed by atoms with Gasteiger partial charge in [0, 0.05) is 0 Å². The summed E-state index contributed by atoms with van der Waals surface area (Å²) in [5.74, 6) is 0.894. The molecule has 78 valence electrons. The van der Waals surface area contributed by atoms with Crippen molar-refractivity contribution in [3.8, 4) is 0 Å². The molecule has 0 aliphatic heterocycles. The Balaban J connectivity index is 2.97. The number of hydrogen-bond acceptors (Lipinski definition) is 0. The lowest BCUT2D eigenvalue weighted by molar-refractivity contribution is 0.459. The van der Waals surface area contributed by atoms with Gasteiger partial charge in [-0.15, -0.1) is 0 Å². The Bertz CT molecular complexity index is 86.0. The summed E-state index contributed by atoms with van der Waals surface area (Å²) in [5.41, 5.74) is 0. The maximum atomic E-state index is 3.89. The van der Waals surface area contributed by atoms with Gasteiger partial charge in [0.25, 0.3) is 0 Å². The van der Waals surface area contributed by atoms with Crippen LogP contribution in [-0.2, 0) is 0 Å². The van der Waals surface area contributed by atoms with E-state index in [4.69, 9.17) is 0 Å². The predicted octanol–water partition coefficient (Wildman–Crippen LogP) is 4.80. The van der Waals surface area contributed by atoms with E-state index in [1.807, 2.05) is 0 Å².